The van der Waals surface area contributed by atoms with Crippen molar-refractivity contribution in [3.63, 3.8) is 0 Å². The minimum atomic E-state index is -0.0587. The normalized spacial score (nSPS) is 16.8. The van der Waals surface area contributed by atoms with Gasteiger partial charge in [0.1, 0.15) is 17.0 Å². The van der Waals surface area contributed by atoms with E-state index in [1.54, 1.807) is 12.1 Å². The first-order chi connectivity index (χ1) is 12.6. The number of hydrogen-bond acceptors (Lipinski definition) is 4. The zero-order chi connectivity index (χ0) is 19.4. The lowest BCUT2D eigenvalue weighted by molar-refractivity contribution is 0.213. The molecule has 4 nitrogen and oxygen atoms in total. The van der Waals surface area contributed by atoms with Crippen molar-refractivity contribution in [3.8, 4) is 17.2 Å². The van der Waals surface area contributed by atoms with Gasteiger partial charge < -0.3 is 14.3 Å². The molecule has 0 bridgehead atoms. The Hall–Kier alpha value is -2.75. The molecule has 1 aliphatic rings. The highest BCUT2D eigenvalue weighted by Crippen LogP contribution is 2.50. The van der Waals surface area contributed by atoms with E-state index in [9.17, 15) is 5.11 Å². The molecule has 0 spiro atoms. The summed E-state index contributed by atoms with van der Waals surface area (Å²) in [6.07, 6.45) is 0. The van der Waals surface area contributed by atoms with Crippen LogP contribution in [0.3, 0.4) is 0 Å². The molecular formula is C23H25NO3. The van der Waals surface area contributed by atoms with E-state index >= 15 is 0 Å². The van der Waals surface area contributed by atoms with Gasteiger partial charge in [0, 0.05) is 16.5 Å². The van der Waals surface area contributed by atoms with Crippen LogP contribution in [-0.4, -0.2) is 16.7 Å². The molecule has 0 saturated heterocycles. The summed E-state index contributed by atoms with van der Waals surface area (Å²) < 4.78 is 12.0. The van der Waals surface area contributed by atoms with Crippen LogP contribution in [0.2, 0.25) is 0 Å². The summed E-state index contributed by atoms with van der Waals surface area (Å²) in [6, 6.07) is 13.0. The van der Waals surface area contributed by atoms with Crippen molar-refractivity contribution in [2.24, 2.45) is 10.8 Å². The van der Waals surface area contributed by atoms with Gasteiger partial charge in [-0.25, -0.2) is 4.98 Å². The van der Waals surface area contributed by atoms with Gasteiger partial charge in [-0.1, -0.05) is 46.8 Å². The lowest BCUT2D eigenvalue weighted by Gasteiger charge is -2.30. The minimum absolute atomic E-state index is 0.0431. The summed E-state index contributed by atoms with van der Waals surface area (Å²) in [5, 5.41) is 10.4. The molecule has 140 valence electrons. The SMILES string of the molecule is CC(C)(C)C1=C(c2cc(O)cc(-c3nc4ccccc4o3)c2)OCC1(C)C. The first-order valence-electron chi connectivity index (χ1n) is 9.23. The standard InChI is InChI=1S/C23H25NO3/c1-22(2,3)20-19(26-13-23(20,4)5)14-10-15(12-16(25)11-14)21-24-17-8-6-7-9-18(17)27-21/h6-12,25H,13H2,1-5H3. The van der Waals surface area contributed by atoms with Crippen LogP contribution < -0.4 is 0 Å². The predicted octanol–water partition coefficient (Wildman–Crippen LogP) is 6.01. The Labute approximate surface area is 159 Å². The zero-order valence-corrected chi connectivity index (χ0v) is 16.5. The monoisotopic (exact) mass is 363 g/mol. The van der Waals surface area contributed by atoms with Crippen LogP contribution in [0.1, 0.15) is 40.2 Å². The molecule has 2 heterocycles. The van der Waals surface area contributed by atoms with Crippen LogP contribution in [0.25, 0.3) is 28.3 Å². The Morgan fingerprint density at radius 2 is 1.74 bits per heavy atom. The number of para-hydroxylation sites is 2. The van der Waals surface area contributed by atoms with Gasteiger partial charge >= 0.3 is 0 Å². The molecule has 1 aliphatic heterocycles. The highest BCUT2D eigenvalue weighted by atomic mass is 16.5. The van der Waals surface area contributed by atoms with E-state index in [-0.39, 0.29) is 16.6 Å². The number of nitrogens with zero attached hydrogens (tertiary/aromatic N) is 1. The Morgan fingerprint density at radius 3 is 2.44 bits per heavy atom. The number of ether oxygens (including phenoxy) is 1. The summed E-state index contributed by atoms with van der Waals surface area (Å²) in [5.74, 6) is 1.50. The molecule has 1 N–H and O–H groups in total. The third kappa shape index (κ3) is 3.09. The van der Waals surface area contributed by atoms with Crippen LogP contribution in [0.5, 0.6) is 5.75 Å². The van der Waals surface area contributed by atoms with Gasteiger partial charge in [-0.2, -0.15) is 0 Å². The number of phenolic OH excluding ortho intramolecular Hbond substituents is 1. The first-order valence-corrected chi connectivity index (χ1v) is 9.23. The molecule has 0 amide bonds. The number of benzene rings is 2. The molecule has 0 aliphatic carbocycles. The smallest absolute Gasteiger partial charge is 0.227 e. The molecule has 1 aromatic heterocycles. The van der Waals surface area contributed by atoms with Gasteiger partial charge in [-0.3, -0.25) is 0 Å². The van der Waals surface area contributed by atoms with Gasteiger partial charge in [-0.15, -0.1) is 0 Å². The maximum Gasteiger partial charge on any atom is 0.227 e. The number of aromatic nitrogens is 1. The number of rotatable bonds is 2. The fourth-order valence-corrected chi connectivity index (χ4v) is 4.15. The largest absolute Gasteiger partial charge is 0.508 e. The molecule has 3 aromatic rings. The van der Waals surface area contributed by atoms with Crippen molar-refractivity contribution < 1.29 is 14.3 Å². The topological polar surface area (TPSA) is 55.5 Å². The van der Waals surface area contributed by atoms with Gasteiger partial charge in [0.05, 0.1) is 6.61 Å². The second kappa shape index (κ2) is 5.88. The van der Waals surface area contributed by atoms with Crippen LogP contribution >= 0.6 is 0 Å². The second-order valence-electron chi connectivity index (χ2n) is 8.88. The summed E-state index contributed by atoms with van der Waals surface area (Å²) >= 11 is 0. The Balaban J connectivity index is 1.88. The summed E-state index contributed by atoms with van der Waals surface area (Å²) in [4.78, 5) is 4.55. The fourth-order valence-electron chi connectivity index (χ4n) is 4.15. The Kier molecular flexibility index (Phi) is 3.84. The zero-order valence-electron chi connectivity index (χ0n) is 16.5. The number of aromatic hydroxyl groups is 1. The van der Waals surface area contributed by atoms with Gasteiger partial charge in [-0.05, 0) is 41.3 Å². The van der Waals surface area contributed by atoms with Crippen LogP contribution in [-0.2, 0) is 4.74 Å². The van der Waals surface area contributed by atoms with Crippen LogP contribution in [0, 0.1) is 10.8 Å². The van der Waals surface area contributed by atoms with Crippen molar-refractivity contribution >= 4 is 16.9 Å². The van der Waals surface area contributed by atoms with E-state index in [1.807, 2.05) is 30.3 Å². The van der Waals surface area contributed by atoms with Crippen molar-refractivity contribution in [1.29, 1.82) is 0 Å². The second-order valence-corrected chi connectivity index (χ2v) is 8.88. The van der Waals surface area contributed by atoms with Crippen LogP contribution in [0.15, 0.2) is 52.5 Å². The van der Waals surface area contributed by atoms with E-state index < -0.39 is 0 Å². The molecule has 0 unspecified atom stereocenters. The Morgan fingerprint density at radius 1 is 1.04 bits per heavy atom. The van der Waals surface area contributed by atoms with Crippen molar-refractivity contribution in [2.45, 2.75) is 34.6 Å². The van der Waals surface area contributed by atoms with Gasteiger partial charge in [0.25, 0.3) is 0 Å². The molecule has 0 fully saturated rings. The van der Waals surface area contributed by atoms with E-state index in [1.165, 1.54) is 5.57 Å². The van der Waals surface area contributed by atoms with E-state index in [2.05, 4.69) is 39.6 Å². The maximum atomic E-state index is 10.4. The lowest BCUT2D eigenvalue weighted by atomic mass is 9.71. The molecule has 0 saturated carbocycles. The minimum Gasteiger partial charge on any atom is -0.508 e. The highest BCUT2D eigenvalue weighted by Gasteiger charge is 2.41. The quantitative estimate of drug-likeness (QED) is 0.605. The molecule has 4 rings (SSSR count). The van der Waals surface area contributed by atoms with E-state index in [4.69, 9.17) is 9.15 Å². The van der Waals surface area contributed by atoms with E-state index in [0.29, 0.717) is 12.5 Å². The van der Waals surface area contributed by atoms with Crippen molar-refractivity contribution in [1.82, 2.24) is 4.98 Å². The maximum absolute atomic E-state index is 10.4. The van der Waals surface area contributed by atoms with E-state index in [0.717, 1.165) is 28.0 Å². The third-order valence-electron chi connectivity index (χ3n) is 4.95. The lowest BCUT2D eigenvalue weighted by Crippen LogP contribution is -2.24. The molecule has 0 atom stereocenters. The van der Waals surface area contributed by atoms with Gasteiger partial charge in [0.15, 0.2) is 5.58 Å². The number of fused-ring (bicyclic) bond motifs is 1. The van der Waals surface area contributed by atoms with Gasteiger partial charge in [0.2, 0.25) is 5.89 Å². The number of oxazole rings is 1. The molecule has 2 aromatic carbocycles. The average molecular weight is 363 g/mol. The molecule has 27 heavy (non-hydrogen) atoms. The molecule has 4 heteroatoms. The van der Waals surface area contributed by atoms with Crippen LogP contribution in [0.4, 0.5) is 0 Å². The van der Waals surface area contributed by atoms with Crippen molar-refractivity contribution in [3.05, 3.63) is 53.6 Å². The Bertz CT molecular complexity index is 1020. The predicted molar refractivity (Wildman–Crippen MR) is 107 cm³/mol. The average Bonchev–Trinajstić information content (AvgIpc) is 3.14. The van der Waals surface area contributed by atoms with Crippen molar-refractivity contribution in [2.75, 3.05) is 6.61 Å². The summed E-state index contributed by atoms with van der Waals surface area (Å²) in [7, 11) is 0. The molecular weight excluding hydrogens is 338 g/mol. The first kappa shape index (κ1) is 17.7. The fraction of sp³-hybridized carbons (Fsp3) is 0.348. The number of phenols is 1. The third-order valence-corrected chi connectivity index (χ3v) is 4.95. The highest BCUT2D eigenvalue weighted by molar-refractivity contribution is 5.78. The summed E-state index contributed by atoms with van der Waals surface area (Å²) in [6.45, 7) is 11.6. The number of hydrogen-bond donors (Lipinski definition) is 1. The molecule has 0 radical (unpaired) electrons. The summed E-state index contributed by atoms with van der Waals surface area (Å²) in [5.41, 5.74) is 4.26.